The summed E-state index contributed by atoms with van der Waals surface area (Å²) in [5.74, 6) is 7.71. The van der Waals surface area contributed by atoms with Crippen LogP contribution in [0.25, 0.3) is 0 Å². The molecule has 3 N–H and O–H groups in total. The Kier molecular flexibility index (Phi) is 3.94. The zero-order valence-electron chi connectivity index (χ0n) is 14.7. The summed E-state index contributed by atoms with van der Waals surface area (Å²) < 4.78 is 0. The monoisotopic (exact) mass is 292 g/mol. The van der Waals surface area contributed by atoms with Gasteiger partial charge in [-0.1, -0.05) is 40.5 Å². The molecule has 0 spiro atoms. The van der Waals surface area contributed by atoms with Crippen molar-refractivity contribution in [1.29, 1.82) is 0 Å². The Morgan fingerprint density at radius 3 is 2.00 bits per heavy atom. The maximum atomic E-state index is 5.97. The van der Waals surface area contributed by atoms with Crippen molar-refractivity contribution in [3.05, 3.63) is 0 Å². The normalized spacial score (nSPS) is 46.3. The van der Waals surface area contributed by atoms with Crippen molar-refractivity contribution in [3.63, 3.8) is 0 Å². The SMILES string of the molecule is CCC(CC)C(CC12CC3CC(C)(CC(C)(C3)C1)C2)NN. The van der Waals surface area contributed by atoms with Gasteiger partial charge in [0.2, 0.25) is 0 Å². The molecule has 2 nitrogen and oxygen atoms in total. The summed E-state index contributed by atoms with van der Waals surface area (Å²) >= 11 is 0. The molecule has 0 radical (unpaired) electrons. The highest BCUT2D eigenvalue weighted by Gasteiger charge is 2.60. The highest BCUT2D eigenvalue weighted by Crippen LogP contribution is 2.70. The molecular formula is C19H36N2. The predicted octanol–water partition coefficient (Wildman–Crippen LogP) is 4.64. The van der Waals surface area contributed by atoms with E-state index in [9.17, 15) is 0 Å². The van der Waals surface area contributed by atoms with Crippen LogP contribution in [0.1, 0.15) is 85.5 Å². The minimum Gasteiger partial charge on any atom is -0.271 e. The average Bonchev–Trinajstić information content (AvgIpc) is 2.34. The van der Waals surface area contributed by atoms with E-state index in [0.717, 1.165) is 11.8 Å². The molecule has 4 aliphatic rings. The Bertz CT molecular complexity index is 369. The standard InChI is InChI=1S/C19H36N2/c1-5-15(6-2)16(21-20)10-19-9-14-7-17(3,12-19)11-18(4,8-14)13-19/h14-16,21H,5-13,20H2,1-4H3. The van der Waals surface area contributed by atoms with Crippen LogP contribution in [0, 0.1) is 28.1 Å². The molecule has 4 aliphatic carbocycles. The molecule has 0 aliphatic heterocycles. The molecule has 0 saturated heterocycles. The number of hydrazine groups is 1. The van der Waals surface area contributed by atoms with Crippen LogP contribution in [-0.2, 0) is 0 Å². The Morgan fingerprint density at radius 1 is 1.00 bits per heavy atom. The molecule has 122 valence electrons. The number of rotatable bonds is 6. The van der Waals surface area contributed by atoms with Gasteiger partial charge >= 0.3 is 0 Å². The maximum absolute atomic E-state index is 5.97. The van der Waals surface area contributed by atoms with Crippen LogP contribution in [-0.4, -0.2) is 6.04 Å². The van der Waals surface area contributed by atoms with Crippen LogP contribution < -0.4 is 11.3 Å². The van der Waals surface area contributed by atoms with Crippen molar-refractivity contribution in [3.8, 4) is 0 Å². The first-order chi connectivity index (χ1) is 9.85. The molecule has 0 aromatic heterocycles. The van der Waals surface area contributed by atoms with Crippen molar-refractivity contribution in [2.24, 2.45) is 33.9 Å². The predicted molar refractivity (Wildman–Crippen MR) is 89.6 cm³/mol. The van der Waals surface area contributed by atoms with Crippen molar-refractivity contribution >= 4 is 0 Å². The first-order valence-electron chi connectivity index (χ1n) is 9.31. The maximum Gasteiger partial charge on any atom is 0.0243 e. The van der Waals surface area contributed by atoms with Crippen molar-refractivity contribution in [2.75, 3.05) is 0 Å². The van der Waals surface area contributed by atoms with Crippen LogP contribution >= 0.6 is 0 Å². The van der Waals surface area contributed by atoms with Gasteiger partial charge in [-0.15, -0.1) is 0 Å². The number of hydrogen-bond donors (Lipinski definition) is 2. The zero-order chi connectivity index (χ0) is 15.3. The molecule has 0 amide bonds. The summed E-state index contributed by atoms with van der Waals surface area (Å²) in [5.41, 5.74) is 5.04. The van der Waals surface area contributed by atoms with Gasteiger partial charge in [-0.2, -0.15) is 0 Å². The summed E-state index contributed by atoms with van der Waals surface area (Å²) in [5, 5.41) is 0. The van der Waals surface area contributed by atoms with Gasteiger partial charge in [0.25, 0.3) is 0 Å². The molecule has 0 aromatic rings. The van der Waals surface area contributed by atoms with E-state index in [2.05, 4.69) is 33.1 Å². The van der Waals surface area contributed by atoms with E-state index in [1.165, 1.54) is 57.8 Å². The molecule has 3 atom stereocenters. The summed E-state index contributed by atoms with van der Waals surface area (Å²) in [7, 11) is 0. The number of hydrogen-bond acceptors (Lipinski definition) is 2. The fourth-order valence-corrected chi connectivity index (χ4v) is 7.60. The molecular weight excluding hydrogens is 256 g/mol. The van der Waals surface area contributed by atoms with E-state index in [-0.39, 0.29) is 0 Å². The third kappa shape index (κ3) is 2.79. The lowest BCUT2D eigenvalue weighted by atomic mass is 9.39. The van der Waals surface area contributed by atoms with Crippen LogP contribution in [0.3, 0.4) is 0 Å². The molecule has 3 unspecified atom stereocenters. The van der Waals surface area contributed by atoms with E-state index in [1.807, 2.05) is 0 Å². The summed E-state index contributed by atoms with van der Waals surface area (Å²) in [6, 6.07) is 0.517. The minimum atomic E-state index is 0.517. The second kappa shape index (κ2) is 5.23. The number of nitrogens with one attached hydrogen (secondary N) is 1. The van der Waals surface area contributed by atoms with Gasteiger partial charge in [-0.05, 0) is 73.0 Å². The summed E-state index contributed by atoms with van der Waals surface area (Å²) in [6.07, 6.45) is 12.7. The first-order valence-corrected chi connectivity index (χ1v) is 9.31. The second-order valence-corrected chi connectivity index (χ2v) is 9.68. The van der Waals surface area contributed by atoms with Gasteiger partial charge in [-0.3, -0.25) is 11.3 Å². The lowest BCUT2D eigenvalue weighted by molar-refractivity contribution is -0.151. The molecule has 4 fully saturated rings. The van der Waals surface area contributed by atoms with E-state index >= 15 is 0 Å². The topological polar surface area (TPSA) is 38.0 Å². The molecule has 2 heteroatoms. The smallest absolute Gasteiger partial charge is 0.0243 e. The van der Waals surface area contributed by atoms with E-state index in [4.69, 9.17) is 5.84 Å². The van der Waals surface area contributed by atoms with E-state index in [0.29, 0.717) is 22.3 Å². The van der Waals surface area contributed by atoms with Gasteiger partial charge in [0, 0.05) is 6.04 Å². The zero-order valence-corrected chi connectivity index (χ0v) is 14.7. The van der Waals surface area contributed by atoms with Crippen molar-refractivity contribution < 1.29 is 0 Å². The molecule has 4 saturated carbocycles. The molecule has 0 heterocycles. The molecule has 0 aromatic carbocycles. The molecule has 4 bridgehead atoms. The first kappa shape index (κ1) is 15.8. The third-order valence-electron chi connectivity index (χ3n) is 7.23. The Morgan fingerprint density at radius 2 is 1.57 bits per heavy atom. The number of nitrogens with two attached hydrogens (primary N) is 1. The van der Waals surface area contributed by atoms with Gasteiger partial charge in [0.1, 0.15) is 0 Å². The summed E-state index contributed by atoms with van der Waals surface area (Å²) in [6.45, 7) is 9.79. The lowest BCUT2D eigenvalue weighted by Crippen LogP contribution is -2.57. The minimum absolute atomic E-state index is 0.517. The van der Waals surface area contributed by atoms with Crippen molar-refractivity contribution in [2.45, 2.75) is 91.5 Å². The van der Waals surface area contributed by atoms with Crippen LogP contribution in [0.15, 0.2) is 0 Å². The molecule has 21 heavy (non-hydrogen) atoms. The van der Waals surface area contributed by atoms with E-state index < -0.39 is 0 Å². The van der Waals surface area contributed by atoms with Gasteiger partial charge < -0.3 is 0 Å². The Hall–Kier alpha value is -0.0800. The second-order valence-electron chi connectivity index (χ2n) is 9.68. The Labute approximate surface area is 131 Å². The van der Waals surface area contributed by atoms with Crippen LogP contribution in [0.5, 0.6) is 0 Å². The fraction of sp³-hybridized carbons (Fsp3) is 1.00. The summed E-state index contributed by atoms with van der Waals surface area (Å²) in [4.78, 5) is 0. The highest BCUT2D eigenvalue weighted by molar-refractivity contribution is 5.11. The third-order valence-corrected chi connectivity index (χ3v) is 7.23. The van der Waals surface area contributed by atoms with Gasteiger partial charge in [0.05, 0.1) is 0 Å². The quantitative estimate of drug-likeness (QED) is 0.553. The van der Waals surface area contributed by atoms with Gasteiger partial charge in [0.15, 0.2) is 0 Å². The fourth-order valence-electron chi connectivity index (χ4n) is 7.60. The van der Waals surface area contributed by atoms with Crippen LogP contribution in [0.2, 0.25) is 0 Å². The van der Waals surface area contributed by atoms with Crippen LogP contribution in [0.4, 0.5) is 0 Å². The molecule has 4 rings (SSSR count). The van der Waals surface area contributed by atoms with E-state index in [1.54, 1.807) is 0 Å². The highest BCUT2D eigenvalue weighted by atomic mass is 15.2. The van der Waals surface area contributed by atoms with Gasteiger partial charge in [-0.25, -0.2) is 0 Å². The largest absolute Gasteiger partial charge is 0.271 e. The Balaban J connectivity index is 1.81. The lowest BCUT2D eigenvalue weighted by Gasteiger charge is -2.66. The van der Waals surface area contributed by atoms with Crippen molar-refractivity contribution in [1.82, 2.24) is 5.43 Å². The average molecular weight is 293 g/mol.